The molecule has 3 nitrogen and oxygen atoms in total. The van der Waals surface area contributed by atoms with Gasteiger partial charge in [-0.3, -0.25) is 0 Å². The van der Waals surface area contributed by atoms with Crippen LogP contribution in [0, 0.1) is 11.3 Å². The second kappa shape index (κ2) is 4.84. The number of aromatic nitrogens is 1. The lowest BCUT2D eigenvalue weighted by molar-refractivity contribution is 1.01. The normalized spacial score (nSPS) is 14.3. The standard InChI is InChI=1S/C14H12ClN3S/c15-11-4-1-8(7-16)5-10(11)6-12-13(9-2-3-9)18-14(17)19-12/h1,4-5,9H,2-3,6H2,(H2,17,18). The molecule has 0 atom stereocenters. The van der Waals surface area contributed by atoms with Gasteiger partial charge >= 0.3 is 0 Å². The number of nitrogens with two attached hydrogens (primary N) is 1. The van der Waals surface area contributed by atoms with E-state index in [2.05, 4.69) is 11.1 Å². The highest BCUT2D eigenvalue weighted by molar-refractivity contribution is 7.15. The molecule has 1 saturated carbocycles. The number of hydrogen-bond acceptors (Lipinski definition) is 4. The Morgan fingerprint density at radius 3 is 2.95 bits per heavy atom. The summed E-state index contributed by atoms with van der Waals surface area (Å²) in [6.07, 6.45) is 3.10. The summed E-state index contributed by atoms with van der Waals surface area (Å²) in [5, 5.41) is 10.3. The molecule has 0 aliphatic heterocycles. The highest BCUT2D eigenvalue weighted by Crippen LogP contribution is 2.44. The summed E-state index contributed by atoms with van der Waals surface area (Å²) in [4.78, 5) is 5.61. The maximum absolute atomic E-state index is 8.95. The fourth-order valence-electron chi connectivity index (χ4n) is 2.14. The predicted molar refractivity (Wildman–Crippen MR) is 77.5 cm³/mol. The number of hydrogen-bond donors (Lipinski definition) is 1. The van der Waals surface area contributed by atoms with Gasteiger partial charge in [0.1, 0.15) is 0 Å². The third-order valence-corrected chi connectivity index (χ3v) is 4.50. The van der Waals surface area contributed by atoms with Crippen molar-refractivity contribution in [2.75, 3.05) is 5.73 Å². The Kier molecular flexibility index (Phi) is 3.17. The number of nitrogen functional groups attached to an aromatic ring is 1. The molecule has 5 heteroatoms. The van der Waals surface area contributed by atoms with Crippen molar-refractivity contribution >= 4 is 28.1 Å². The van der Waals surface area contributed by atoms with E-state index >= 15 is 0 Å². The SMILES string of the molecule is N#Cc1ccc(Cl)c(Cc2sc(N)nc2C2CC2)c1. The maximum atomic E-state index is 8.95. The van der Waals surface area contributed by atoms with Crippen LogP contribution in [-0.4, -0.2) is 4.98 Å². The van der Waals surface area contributed by atoms with Gasteiger partial charge in [0, 0.05) is 22.2 Å². The molecule has 0 unspecified atom stereocenters. The van der Waals surface area contributed by atoms with Gasteiger partial charge in [0.15, 0.2) is 5.13 Å². The average molecular weight is 290 g/mol. The van der Waals surface area contributed by atoms with E-state index in [1.54, 1.807) is 12.1 Å². The molecule has 1 fully saturated rings. The van der Waals surface area contributed by atoms with Crippen molar-refractivity contribution in [3.05, 3.63) is 44.9 Å². The van der Waals surface area contributed by atoms with Crippen molar-refractivity contribution in [1.29, 1.82) is 5.26 Å². The molecular weight excluding hydrogens is 278 g/mol. The van der Waals surface area contributed by atoms with Crippen molar-refractivity contribution < 1.29 is 0 Å². The van der Waals surface area contributed by atoms with E-state index in [-0.39, 0.29) is 0 Å². The van der Waals surface area contributed by atoms with Gasteiger partial charge in [-0.15, -0.1) is 11.3 Å². The minimum absolute atomic E-state index is 0.571. The Balaban J connectivity index is 1.95. The minimum atomic E-state index is 0.571. The third kappa shape index (κ3) is 2.58. The van der Waals surface area contributed by atoms with Gasteiger partial charge in [0.05, 0.1) is 17.3 Å². The van der Waals surface area contributed by atoms with Crippen LogP contribution in [0.1, 0.15) is 40.5 Å². The number of nitriles is 1. The van der Waals surface area contributed by atoms with Gasteiger partial charge in [-0.1, -0.05) is 11.6 Å². The van der Waals surface area contributed by atoms with Crippen molar-refractivity contribution in [2.24, 2.45) is 0 Å². The Bertz CT molecular complexity index is 668. The Hall–Kier alpha value is -1.57. The molecule has 3 rings (SSSR count). The molecule has 19 heavy (non-hydrogen) atoms. The Morgan fingerprint density at radius 1 is 1.47 bits per heavy atom. The molecule has 2 N–H and O–H groups in total. The monoisotopic (exact) mass is 289 g/mol. The van der Waals surface area contributed by atoms with E-state index in [0.717, 1.165) is 11.3 Å². The molecule has 0 radical (unpaired) electrons. The van der Waals surface area contributed by atoms with Gasteiger partial charge < -0.3 is 5.73 Å². The van der Waals surface area contributed by atoms with Crippen LogP contribution < -0.4 is 5.73 Å². The fourth-order valence-corrected chi connectivity index (χ4v) is 3.26. The first-order valence-electron chi connectivity index (χ1n) is 6.11. The lowest BCUT2D eigenvalue weighted by atomic mass is 10.1. The van der Waals surface area contributed by atoms with Crippen LogP contribution in [0.2, 0.25) is 5.02 Å². The summed E-state index contributed by atoms with van der Waals surface area (Å²) in [5.74, 6) is 0.571. The molecule has 0 saturated heterocycles. The minimum Gasteiger partial charge on any atom is -0.375 e. The van der Waals surface area contributed by atoms with E-state index in [4.69, 9.17) is 22.6 Å². The zero-order valence-corrected chi connectivity index (χ0v) is 11.8. The van der Waals surface area contributed by atoms with Crippen molar-refractivity contribution in [3.63, 3.8) is 0 Å². The molecule has 1 heterocycles. The lowest BCUT2D eigenvalue weighted by Gasteiger charge is -2.04. The molecule has 0 bridgehead atoms. The number of anilines is 1. The predicted octanol–water partition coefficient (Wildman–Crippen LogP) is 3.72. The number of nitrogens with zero attached hydrogens (tertiary/aromatic N) is 2. The molecular formula is C14H12ClN3S. The molecule has 0 amide bonds. The molecule has 1 aromatic carbocycles. The summed E-state index contributed by atoms with van der Waals surface area (Å²) in [6, 6.07) is 7.49. The van der Waals surface area contributed by atoms with Crippen LogP contribution in [0.4, 0.5) is 5.13 Å². The summed E-state index contributed by atoms with van der Waals surface area (Å²) in [5.41, 5.74) is 8.53. The van der Waals surface area contributed by atoms with Gasteiger partial charge in [0.25, 0.3) is 0 Å². The van der Waals surface area contributed by atoms with E-state index in [0.29, 0.717) is 28.1 Å². The third-order valence-electron chi connectivity index (χ3n) is 3.23. The molecule has 1 aromatic heterocycles. The first-order valence-corrected chi connectivity index (χ1v) is 7.30. The van der Waals surface area contributed by atoms with Crippen molar-refractivity contribution in [2.45, 2.75) is 25.2 Å². The molecule has 2 aromatic rings. The highest BCUT2D eigenvalue weighted by Gasteiger charge is 2.29. The van der Waals surface area contributed by atoms with Gasteiger partial charge in [-0.2, -0.15) is 5.26 Å². The van der Waals surface area contributed by atoms with Crippen molar-refractivity contribution in [1.82, 2.24) is 4.98 Å². The fraction of sp³-hybridized carbons (Fsp3) is 0.286. The molecule has 96 valence electrons. The first kappa shape index (κ1) is 12.5. The summed E-state index contributed by atoms with van der Waals surface area (Å²) >= 11 is 7.73. The first-order chi connectivity index (χ1) is 9.17. The number of thiazole rings is 1. The van der Waals surface area contributed by atoms with Crippen LogP contribution >= 0.6 is 22.9 Å². The molecule has 1 aliphatic carbocycles. The summed E-state index contributed by atoms with van der Waals surface area (Å²) in [6.45, 7) is 0. The van der Waals surface area contributed by atoms with Crippen LogP contribution in [-0.2, 0) is 6.42 Å². The molecule has 1 aliphatic rings. The van der Waals surface area contributed by atoms with Gasteiger partial charge in [-0.05, 0) is 36.6 Å². The van der Waals surface area contributed by atoms with Crippen molar-refractivity contribution in [3.8, 4) is 6.07 Å². The zero-order valence-electron chi connectivity index (χ0n) is 10.2. The summed E-state index contributed by atoms with van der Waals surface area (Å²) in [7, 11) is 0. The second-order valence-corrected chi connectivity index (χ2v) is 6.25. The van der Waals surface area contributed by atoms with Crippen LogP contribution in [0.5, 0.6) is 0 Å². The van der Waals surface area contributed by atoms with Crippen LogP contribution in [0.3, 0.4) is 0 Å². The average Bonchev–Trinajstić information content (AvgIpc) is 3.17. The van der Waals surface area contributed by atoms with E-state index in [1.807, 2.05) is 6.07 Å². The van der Waals surface area contributed by atoms with Gasteiger partial charge in [-0.25, -0.2) is 4.98 Å². The Labute approximate surface area is 120 Å². The highest BCUT2D eigenvalue weighted by atomic mass is 35.5. The van der Waals surface area contributed by atoms with E-state index < -0.39 is 0 Å². The van der Waals surface area contributed by atoms with E-state index in [1.165, 1.54) is 29.1 Å². The number of benzene rings is 1. The second-order valence-electron chi connectivity index (χ2n) is 4.73. The maximum Gasteiger partial charge on any atom is 0.180 e. The number of halogens is 1. The number of rotatable bonds is 3. The smallest absolute Gasteiger partial charge is 0.180 e. The topological polar surface area (TPSA) is 62.7 Å². The quantitative estimate of drug-likeness (QED) is 0.936. The van der Waals surface area contributed by atoms with Crippen LogP contribution in [0.15, 0.2) is 18.2 Å². The largest absolute Gasteiger partial charge is 0.375 e. The van der Waals surface area contributed by atoms with Gasteiger partial charge in [0.2, 0.25) is 0 Å². The summed E-state index contributed by atoms with van der Waals surface area (Å²) < 4.78 is 0. The Morgan fingerprint density at radius 2 is 2.26 bits per heavy atom. The molecule has 0 spiro atoms. The van der Waals surface area contributed by atoms with E-state index in [9.17, 15) is 0 Å². The van der Waals surface area contributed by atoms with Crippen LogP contribution in [0.25, 0.3) is 0 Å². The zero-order chi connectivity index (χ0) is 13.4. The lowest BCUT2D eigenvalue weighted by Crippen LogP contribution is -1.93.